The van der Waals surface area contributed by atoms with E-state index < -0.39 is 0 Å². The van der Waals surface area contributed by atoms with Crippen LogP contribution in [0.15, 0.2) is 48.5 Å². The molecule has 0 saturated carbocycles. The second-order valence-corrected chi connectivity index (χ2v) is 5.10. The quantitative estimate of drug-likeness (QED) is 0.865. The lowest BCUT2D eigenvalue weighted by Gasteiger charge is -2.21. The molecule has 0 bridgehead atoms. The number of methoxy groups -OCH3 is 1. The summed E-state index contributed by atoms with van der Waals surface area (Å²) in [6.07, 6.45) is 0. The van der Waals surface area contributed by atoms with Crippen LogP contribution in [-0.2, 0) is 16.1 Å². The van der Waals surface area contributed by atoms with E-state index in [1.807, 2.05) is 35.2 Å². The predicted molar refractivity (Wildman–Crippen MR) is 83.9 cm³/mol. The number of nitrogens with zero attached hydrogens (tertiary/aromatic N) is 1. The molecule has 0 aliphatic carbocycles. The second kappa shape index (κ2) is 5.89. The minimum atomic E-state index is -0.385. The van der Waals surface area contributed by atoms with E-state index in [0.717, 1.165) is 16.9 Å². The van der Waals surface area contributed by atoms with Gasteiger partial charge in [-0.3, -0.25) is 4.79 Å². The third-order valence-corrected chi connectivity index (χ3v) is 3.62. The Labute approximate surface area is 128 Å². The summed E-state index contributed by atoms with van der Waals surface area (Å²) in [7, 11) is 1.35. The lowest BCUT2D eigenvalue weighted by Crippen LogP contribution is -2.29. The van der Waals surface area contributed by atoms with Gasteiger partial charge in [-0.1, -0.05) is 18.2 Å². The molecule has 5 heteroatoms. The summed E-state index contributed by atoms with van der Waals surface area (Å²) < 4.78 is 4.75. The summed E-state index contributed by atoms with van der Waals surface area (Å²) in [6, 6.07) is 14.9. The maximum absolute atomic E-state index is 12.1. The maximum atomic E-state index is 12.1. The van der Waals surface area contributed by atoms with Gasteiger partial charge < -0.3 is 15.0 Å². The highest BCUT2D eigenvalue weighted by Gasteiger charge is 2.20. The van der Waals surface area contributed by atoms with Crippen LogP contribution in [-0.4, -0.2) is 25.5 Å². The van der Waals surface area contributed by atoms with Crippen LogP contribution >= 0.6 is 0 Å². The van der Waals surface area contributed by atoms with Crippen molar-refractivity contribution in [1.82, 2.24) is 0 Å². The van der Waals surface area contributed by atoms with Gasteiger partial charge in [0.1, 0.15) is 0 Å². The van der Waals surface area contributed by atoms with Gasteiger partial charge in [-0.25, -0.2) is 4.79 Å². The van der Waals surface area contributed by atoms with Gasteiger partial charge in [0.25, 0.3) is 0 Å². The largest absolute Gasteiger partial charge is 0.465 e. The molecule has 1 heterocycles. The fourth-order valence-electron chi connectivity index (χ4n) is 2.54. The molecule has 1 amide bonds. The number of carbonyl (C=O) groups is 2. The average Bonchev–Trinajstić information content (AvgIpc) is 2.72. The molecule has 0 atom stereocenters. The standard InChI is InChI=1S/C17H16N2O3/c1-22-17(21)12-7-8-15-13(9-12)10-19(11-16(20)18-15)14-5-3-2-4-6-14/h2-9H,10-11H2,1H3,(H,18,20). The van der Waals surface area contributed by atoms with Gasteiger partial charge >= 0.3 is 5.97 Å². The number of hydrogen-bond donors (Lipinski definition) is 1. The number of hydrogen-bond acceptors (Lipinski definition) is 4. The first-order valence-corrected chi connectivity index (χ1v) is 6.98. The van der Waals surface area contributed by atoms with Crippen molar-refractivity contribution >= 4 is 23.3 Å². The Kier molecular flexibility index (Phi) is 3.78. The zero-order valence-electron chi connectivity index (χ0n) is 12.2. The molecule has 1 aliphatic rings. The highest BCUT2D eigenvalue weighted by Crippen LogP contribution is 2.25. The van der Waals surface area contributed by atoms with Crippen LogP contribution in [0.3, 0.4) is 0 Å². The maximum Gasteiger partial charge on any atom is 0.337 e. The van der Waals surface area contributed by atoms with Crippen LogP contribution < -0.4 is 10.2 Å². The summed E-state index contributed by atoms with van der Waals surface area (Å²) in [6.45, 7) is 0.815. The zero-order chi connectivity index (χ0) is 15.5. The molecule has 5 nitrogen and oxygen atoms in total. The number of nitrogens with one attached hydrogen (secondary N) is 1. The van der Waals surface area contributed by atoms with Crippen molar-refractivity contribution in [2.24, 2.45) is 0 Å². The summed E-state index contributed by atoms with van der Waals surface area (Å²) in [5.41, 5.74) is 3.06. The molecule has 0 aromatic heterocycles. The number of esters is 1. The lowest BCUT2D eigenvalue weighted by atomic mass is 10.1. The molecule has 0 saturated heterocycles. The van der Waals surface area contributed by atoms with Crippen molar-refractivity contribution in [2.75, 3.05) is 23.9 Å². The van der Waals surface area contributed by atoms with E-state index in [4.69, 9.17) is 4.74 Å². The topological polar surface area (TPSA) is 58.6 Å². The zero-order valence-corrected chi connectivity index (χ0v) is 12.2. The molecule has 112 valence electrons. The number of fused-ring (bicyclic) bond motifs is 1. The van der Waals surface area contributed by atoms with Crippen LogP contribution in [0, 0.1) is 0 Å². The SMILES string of the molecule is COC(=O)c1ccc2c(c1)CN(c1ccccc1)CC(=O)N2. The van der Waals surface area contributed by atoms with Crippen LogP contribution in [0.2, 0.25) is 0 Å². The van der Waals surface area contributed by atoms with Crippen molar-refractivity contribution in [3.05, 3.63) is 59.7 Å². The van der Waals surface area contributed by atoms with Gasteiger partial charge in [0.2, 0.25) is 5.91 Å². The normalized spacial score (nSPS) is 13.9. The number of amides is 1. The minimum absolute atomic E-state index is 0.0755. The minimum Gasteiger partial charge on any atom is -0.465 e. The van der Waals surface area contributed by atoms with Crippen molar-refractivity contribution in [1.29, 1.82) is 0 Å². The number of rotatable bonds is 2. The molecule has 3 rings (SSSR count). The Balaban J connectivity index is 1.98. The molecule has 2 aromatic rings. The second-order valence-electron chi connectivity index (χ2n) is 5.10. The molecular weight excluding hydrogens is 280 g/mol. The van der Waals surface area contributed by atoms with E-state index in [0.29, 0.717) is 12.1 Å². The van der Waals surface area contributed by atoms with Crippen molar-refractivity contribution in [3.8, 4) is 0 Å². The van der Waals surface area contributed by atoms with Crippen LogP contribution in [0.1, 0.15) is 15.9 Å². The van der Waals surface area contributed by atoms with E-state index in [2.05, 4.69) is 5.32 Å². The molecule has 22 heavy (non-hydrogen) atoms. The van der Waals surface area contributed by atoms with Gasteiger partial charge in [-0.2, -0.15) is 0 Å². The molecule has 1 N–H and O–H groups in total. The summed E-state index contributed by atoms with van der Waals surface area (Å²) in [5.74, 6) is -0.460. The number of ether oxygens (including phenoxy) is 1. The predicted octanol–water partition coefficient (Wildman–Crippen LogP) is 2.43. The Hall–Kier alpha value is -2.82. The first-order valence-electron chi connectivity index (χ1n) is 6.98. The summed E-state index contributed by atoms with van der Waals surface area (Å²) in [4.78, 5) is 25.7. The van der Waals surface area contributed by atoms with Crippen LogP contribution in [0.5, 0.6) is 0 Å². The van der Waals surface area contributed by atoms with E-state index in [1.165, 1.54) is 7.11 Å². The van der Waals surface area contributed by atoms with Crippen LogP contribution in [0.4, 0.5) is 11.4 Å². The Morgan fingerprint density at radius 1 is 1.14 bits per heavy atom. The Morgan fingerprint density at radius 3 is 2.64 bits per heavy atom. The van der Waals surface area contributed by atoms with E-state index in [1.54, 1.807) is 18.2 Å². The van der Waals surface area contributed by atoms with Crippen molar-refractivity contribution in [3.63, 3.8) is 0 Å². The van der Waals surface area contributed by atoms with Gasteiger partial charge in [-0.05, 0) is 35.9 Å². The van der Waals surface area contributed by atoms with Crippen molar-refractivity contribution in [2.45, 2.75) is 6.54 Å². The smallest absolute Gasteiger partial charge is 0.337 e. The third-order valence-electron chi connectivity index (χ3n) is 3.62. The van der Waals surface area contributed by atoms with E-state index >= 15 is 0 Å². The van der Waals surface area contributed by atoms with Gasteiger partial charge in [0.15, 0.2) is 0 Å². The van der Waals surface area contributed by atoms with E-state index in [-0.39, 0.29) is 18.4 Å². The molecular formula is C17H16N2O3. The number of anilines is 2. The van der Waals surface area contributed by atoms with Gasteiger partial charge in [0, 0.05) is 17.9 Å². The molecule has 0 spiro atoms. The first-order chi connectivity index (χ1) is 10.7. The molecule has 1 aliphatic heterocycles. The highest BCUT2D eigenvalue weighted by molar-refractivity contribution is 5.97. The number of para-hydroxylation sites is 1. The molecule has 2 aromatic carbocycles. The van der Waals surface area contributed by atoms with Crippen LogP contribution in [0.25, 0.3) is 0 Å². The van der Waals surface area contributed by atoms with Gasteiger partial charge in [-0.15, -0.1) is 0 Å². The monoisotopic (exact) mass is 296 g/mol. The third kappa shape index (κ3) is 2.79. The first kappa shape index (κ1) is 14.1. The highest BCUT2D eigenvalue weighted by atomic mass is 16.5. The van der Waals surface area contributed by atoms with Crippen molar-refractivity contribution < 1.29 is 14.3 Å². The summed E-state index contributed by atoms with van der Waals surface area (Å²) in [5, 5.41) is 2.87. The molecule has 0 unspecified atom stereocenters. The molecule has 0 radical (unpaired) electrons. The lowest BCUT2D eigenvalue weighted by molar-refractivity contribution is -0.114. The average molecular weight is 296 g/mol. The fourth-order valence-corrected chi connectivity index (χ4v) is 2.54. The number of carbonyl (C=O) groups excluding carboxylic acids is 2. The van der Waals surface area contributed by atoms with E-state index in [9.17, 15) is 9.59 Å². The number of benzene rings is 2. The van der Waals surface area contributed by atoms with Gasteiger partial charge in [0.05, 0.1) is 19.2 Å². The fraction of sp³-hybridized carbons (Fsp3) is 0.176. The Bertz CT molecular complexity index is 713. The molecule has 0 fully saturated rings. The summed E-state index contributed by atoms with van der Waals surface area (Å²) >= 11 is 0. The Morgan fingerprint density at radius 2 is 1.91 bits per heavy atom.